The van der Waals surface area contributed by atoms with Crippen molar-refractivity contribution >= 4 is 21.6 Å². The molecule has 0 saturated carbocycles. The lowest BCUT2D eigenvalue weighted by molar-refractivity contribution is -0.385. The Balaban J connectivity index is 2.19. The van der Waals surface area contributed by atoms with Crippen LogP contribution in [0.15, 0.2) is 40.9 Å². The molecule has 0 aliphatic carbocycles. The molecule has 20 heavy (non-hydrogen) atoms. The second-order valence-corrected chi connectivity index (χ2v) is 4.74. The van der Waals surface area contributed by atoms with E-state index in [1.54, 1.807) is 6.07 Å². The van der Waals surface area contributed by atoms with Gasteiger partial charge in [-0.05, 0) is 39.7 Å². The van der Waals surface area contributed by atoms with Crippen LogP contribution >= 0.6 is 15.9 Å². The van der Waals surface area contributed by atoms with E-state index in [1.165, 1.54) is 18.2 Å². The zero-order valence-corrected chi connectivity index (χ0v) is 11.6. The summed E-state index contributed by atoms with van der Waals surface area (Å²) in [4.78, 5) is 10.2. The molecular formula is C13H8BrF2NO3. The number of nitro groups is 1. The van der Waals surface area contributed by atoms with Crippen LogP contribution in [-0.4, -0.2) is 4.92 Å². The van der Waals surface area contributed by atoms with E-state index in [1.807, 2.05) is 0 Å². The number of rotatable bonds is 4. The van der Waals surface area contributed by atoms with Gasteiger partial charge in [-0.1, -0.05) is 12.1 Å². The van der Waals surface area contributed by atoms with Crippen molar-refractivity contribution in [2.24, 2.45) is 0 Å². The van der Waals surface area contributed by atoms with E-state index < -0.39 is 22.3 Å². The summed E-state index contributed by atoms with van der Waals surface area (Å²) >= 11 is 3.05. The minimum Gasteiger partial charge on any atom is -0.483 e. The summed E-state index contributed by atoms with van der Waals surface area (Å²) in [6.45, 7) is -0.175. The lowest BCUT2D eigenvalue weighted by atomic mass is 10.2. The van der Waals surface area contributed by atoms with Crippen molar-refractivity contribution in [1.82, 2.24) is 0 Å². The third kappa shape index (κ3) is 3.11. The summed E-state index contributed by atoms with van der Waals surface area (Å²) in [7, 11) is 0. The summed E-state index contributed by atoms with van der Waals surface area (Å²) in [5, 5.41) is 10.8. The number of nitro benzene ring substituents is 1. The van der Waals surface area contributed by atoms with Crippen LogP contribution in [0.5, 0.6) is 5.75 Å². The lowest BCUT2D eigenvalue weighted by Crippen LogP contribution is -2.00. The lowest BCUT2D eigenvalue weighted by Gasteiger charge is -2.08. The zero-order chi connectivity index (χ0) is 14.7. The summed E-state index contributed by atoms with van der Waals surface area (Å²) in [5.74, 6) is -2.15. The highest BCUT2D eigenvalue weighted by atomic mass is 79.9. The molecule has 0 atom stereocenters. The molecule has 0 spiro atoms. The molecule has 2 aromatic rings. The Hall–Kier alpha value is -2.02. The Morgan fingerprint density at radius 2 is 1.85 bits per heavy atom. The molecule has 0 heterocycles. The largest absolute Gasteiger partial charge is 0.483 e. The van der Waals surface area contributed by atoms with Crippen LogP contribution in [0.25, 0.3) is 0 Å². The first kappa shape index (κ1) is 14.4. The first-order valence-corrected chi connectivity index (χ1v) is 6.28. The van der Waals surface area contributed by atoms with Crippen LogP contribution in [0.4, 0.5) is 14.5 Å². The molecule has 2 aromatic carbocycles. The number of halogens is 3. The Bertz CT molecular complexity index is 644. The summed E-state index contributed by atoms with van der Waals surface area (Å²) < 4.78 is 32.1. The van der Waals surface area contributed by atoms with Gasteiger partial charge in [-0.3, -0.25) is 10.1 Å². The molecule has 7 heteroatoms. The minimum absolute atomic E-state index is 0.139. The molecule has 4 nitrogen and oxygen atoms in total. The number of para-hydroxylation sites is 1. The van der Waals surface area contributed by atoms with Crippen molar-refractivity contribution in [3.05, 3.63) is 68.2 Å². The van der Waals surface area contributed by atoms with Crippen molar-refractivity contribution in [2.75, 3.05) is 0 Å². The first-order chi connectivity index (χ1) is 9.49. The van der Waals surface area contributed by atoms with E-state index in [-0.39, 0.29) is 12.3 Å². The quantitative estimate of drug-likeness (QED) is 0.617. The Morgan fingerprint density at radius 3 is 2.45 bits per heavy atom. The standard InChI is InChI=1S/C13H8BrF2NO3/c14-9-5-4-8(6-12(9)17(18)19)7-20-13-10(15)2-1-3-11(13)16/h1-6H,7H2. The normalized spacial score (nSPS) is 10.3. The van der Waals surface area contributed by atoms with Gasteiger partial charge in [0, 0.05) is 6.07 Å². The van der Waals surface area contributed by atoms with Gasteiger partial charge < -0.3 is 4.74 Å². The van der Waals surface area contributed by atoms with E-state index in [0.717, 1.165) is 12.1 Å². The van der Waals surface area contributed by atoms with Crippen LogP contribution < -0.4 is 4.74 Å². The van der Waals surface area contributed by atoms with E-state index >= 15 is 0 Å². The molecule has 0 aliphatic rings. The van der Waals surface area contributed by atoms with Gasteiger partial charge in [0.05, 0.1) is 9.40 Å². The second kappa shape index (κ2) is 5.96. The van der Waals surface area contributed by atoms with Crippen LogP contribution in [0.2, 0.25) is 0 Å². The van der Waals surface area contributed by atoms with Crippen molar-refractivity contribution in [2.45, 2.75) is 6.61 Å². The number of nitrogens with zero attached hydrogens (tertiary/aromatic N) is 1. The highest BCUT2D eigenvalue weighted by molar-refractivity contribution is 9.10. The molecule has 0 N–H and O–H groups in total. The topological polar surface area (TPSA) is 52.4 Å². The average Bonchev–Trinajstić information content (AvgIpc) is 2.39. The Kier molecular flexibility index (Phi) is 4.29. The fraction of sp³-hybridized carbons (Fsp3) is 0.0769. The molecule has 0 fully saturated rings. The average molecular weight is 344 g/mol. The zero-order valence-electron chi connectivity index (χ0n) is 9.98. The molecule has 0 aliphatic heterocycles. The highest BCUT2D eigenvalue weighted by Gasteiger charge is 2.14. The van der Waals surface area contributed by atoms with Crippen LogP contribution in [0, 0.1) is 21.7 Å². The van der Waals surface area contributed by atoms with E-state index in [2.05, 4.69) is 15.9 Å². The number of ether oxygens (including phenoxy) is 1. The maximum Gasteiger partial charge on any atom is 0.283 e. The smallest absolute Gasteiger partial charge is 0.283 e. The van der Waals surface area contributed by atoms with Gasteiger partial charge in [-0.15, -0.1) is 0 Å². The molecule has 0 aromatic heterocycles. The van der Waals surface area contributed by atoms with Crippen LogP contribution in [-0.2, 0) is 6.61 Å². The highest BCUT2D eigenvalue weighted by Crippen LogP contribution is 2.27. The predicted octanol–water partition coefficient (Wildman–Crippen LogP) is 4.21. The van der Waals surface area contributed by atoms with Crippen molar-refractivity contribution in [3.63, 3.8) is 0 Å². The van der Waals surface area contributed by atoms with Gasteiger partial charge in [0.2, 0.25) is 0 Å². The third-order valence-corrected chi connectivity index (χ3v) is 3.18. The SMILES string of the molecule is O=[N+]([O-])c1cc(COc2c(F)cccc2F)ccc1Br. The summed E-state index contributed by atoms with van der Waals surface area (Å²) in [5.41, 5.74) is 0.294. The third-order valence-electron chi connectivity index (χ3n) is 2.51. The fourth-order valence-electron chi connectivity index (χ4n) is 1.56. The molecule has 0 bridgehead atoms. The fourth-order valence-corrected chi connectivity index (χ4v) is 1.96. The van der Waals surface area contributed by atoms with Crippen molar-refractivity contribution < 1.29 is 18.4 Å². The van der Waals surface area contributed by atoms with Gasteiger partial charge in [0.25, 0.3) is 5.69 Å². The number of hydrogen-bond donors (Lipinski definition) is 0. The molecule has 2 rings (SSSR count). The van der Waals surface area contributed by atoms with Gasteiger partial charge in [0.15, 0.2) is 17.4 Å². The van der Waals surface area contributed by atoms with Crippen molar-refractivity contribution in [1.29, 1.82) is 0 Å². The summed E-state index contributed by atoms with van der Waals surface area (Å²) in [6.07, 6.45) is 0. The number of hydrogen-bond acceptors (Lipinski definition) is 3. The number of benzene rings is 2. The molecule has 0 radical (unpaired) electrons. The van der Waals surface area contributed by atoms with Gasteiger partial charge >= 0.3 is 0 Å². The maximum atomic E-state index is 13.3. The monoisotopic (exact) mass is 343 g/mol. The molecule has 104 valence electrons. The first-order valence-electron chi connectivity index (χ1n) is 5.48. The molecular weight excluding hydrogens is 336 g/mol. The second-order valence-electron chi connectivity index (χ2n) is 3.88. The Labute approximate surface area is 121 Å². The van der Waals surface area contributed by atoms with Gasteiger partial charge in [0.1, 0.15) is 6.61 Å². The molecule has 0 saturated heterocycles. The minimum atomic E-state index is -0.823. The van der Waals surface area contributed by atoms with Gasteiger partial charge in [-0.2, -0.15) is 0 Å². The molecule has 0 amide bonds. The van der Waals surface area contributed by atoms with E-state index in [4.69, 9.17) is 4.74 Å². The van der Waals surface area contributed by atoms with Crippen molar-refractivity contribution in [3.8, 4) is 5.75 Å². The Morgan fingerprint density at radius 1 is 1.20 bits per heavy atom. The van der Waals surface area contributed by atoms with Crippen LogP contribution in [0.3, 0.4) is 0 Å². The van der Waals surface area contributed by atoms with Gasteiger partial charge in [-0.25, -0.2) is 8.78 Å². The maximum absolute atomic E-state index is 13.3. The summed E-state index contributed by atoms with van der Waals surface area (Å²) in [6, 6.07) is 7.69. The van der Waals surface area contributed by atoms with Crippen LogP contribution in [0.1, 0.15) is 5.56 Å². The molecule has 0 unspecified atom stereocenters. The van der Waals surface area contributed by atoms with E-state index in [0.29, 0.717) is 10.0 Å². The predicted molar refractivity (Wildman–Crippen MR) is 71.5 cm³/mol. The van der Waals surface area contributed by atoms with E-state index in [9.17, 15) is 18.9 Å².